The zero-order valence-corrected chi connectivity index (χ0v) is 31.8. The van der Waals surface area contributed by atoms with Gasteiger partial charge < -0.3 is 35.0 Å². The number of hydrogen-bond donors (Lipinski definition) is 3. The molecule has 3 N–H and O–H groups in total. The van der Waals surface area contributed by atoms with Gasteiger partial charge in [-0.3, -0.25) is 19.2 Å². The minimum Gasteiger partial charge on any atom is -0.386 e. The van der Waals surface area contributed by atoms with Crippen LogP contribution in [0.5, 0.6) is 0 Å². The van der Waals surface area contributed by atoms with Gasteiger partial charge in [0.1, 0.15) is 6.04 Å². The van der Waals surface area contributed by atoms with Gasteiger partial charge in [-0.25, -0.2) is 0 Å². The predicted octanol–water partition coefficient (Wildman–Crippen LogP) is 4.33. The number of nitrogens with zero attached hydrogens (tertiary/aromatic N) is 2. The molecule has 2 rings (SSSR count). The van der Waals surface area contributed by atoms with Crippen LogP contribution in [0.15, 0.2) is 30.3 Å². The molecule has 49 heavy (non-hydrogen) atoms. The maximum Gasteiger partial charge on any atom is 0.245 e. The van der Waals surface area contributed by atoms with E-state index in [1.165, 1.54) is 0 Å². The average Bonchev–Trinajstić information content (AvgIpc) is 3.55. The largest absolute Gasteiger partial charge is 0.386 e. The number of rotatable bonds is 19. The van der Waals surface area contributed by atoms with Gasteiger partial charge in [-0.1, -0.05) is 85.2 Å². The molecule has 0 aromatic heterocycles. The summed E-state index contributed by atoms with van der Waals surface area (Å²) >= 11 is 0. The number of methoxy groups -OCH3 is 2. The molecule has 1 aromatic rings. The number of hydrogen-bond acceptors (Lipinski definition) is 7. The highest BCUT2D eigenvalue weighted by atomic mass is 16.5. The first kappa shape index (κ1) is 42.1. The second-order valence-corrected chi connectivity index (χ2v) is 14.6. The van der Waals surface area contributed by atoms with Crippen LogP contribution in [0.25, 0.3) is 0 Å². The topological polar surface area (TPSA) is 138 Å². The van der Waals surface area contributed by atoms with Crippen LogP contribution in [0.1, 0.15) is 99.2 Å². The highest BCUT2D eigenvalue weighted by molar-refractivity contribution is 5.88. The summed E-state index contributed by atoms with van der Waals surface area (Å²) in [6.07, 6.45) is 0.547. The standard InChI is InChI=1S/C38H64N4O7/c1-12-25(6)34(41(9)38(47)33(24(4)5)40-31(43)21-23(2)3)30(48-10)22-32(44)42-20-16-19-29(42)36(49-11)26(7)37(46)39-27(8)35(45)28-17-14-13-15-18-28/h13-15,17-18,23-27,29-30,33-36,45H,12,16,19-22H2,1-11H3,(H,39,46)(H,40,43)/t25?,26-,27-,29?,30?,33?,34+,35?,36-/m1/s1. The van der Waals surface area contributed by atoms with Crippen molar-refractivity contribution in [3.63, 3.8) is 0 Å². The van der Waals surface area contributed by atoms with E-state index in [9.17, 15) is 24.3 Å². The summed E-state index contributed by atoms with van der Waals surface area (Å²) in [7, 11) is 4.85. The van der Waals surface area contributed by atoms with Gasteiger partial charge in [0, 0.05) is 34.2 Å². The van der Waals surface area contributed by atoms with Crippen molar-refractivity contribution in [1.82, 2.24) is 20.4 Å². The van der Waals surface area contributed by atoms with E-state index >= 15 is 0 Å². The number of nitrogens with one attached hydrogen (secondary N) is 2. The van der Waals surface area contributed by atoms with Gasteiger partial charge in [0.25, 0.3) is 0 Å². The van der Waals surface area contributed by atoms with Crippen LogP contribution in [0.4, 0.5) is 0 Å². The van der Waals surface area contributed by atoms with E-state index in [0.29, 0.717) is 24.9 Å². The summed E-state index contributed by atoms with van der Waals surface area (Å²) in [5.41, 5.74) is 0.713. The molecule has 1 heterocycles. The molecule has 1 aromatic carbocycles. The van der Waals surface area contributed by atoms with Crippen LogP contribution in [0.2, 0.25) is 0 Å². The van der Waals surface area contributed by atoms with Gasteiger partial charge in [0.15, 0.2) is 0 Å². The third-order valence-electron chi connectivity index (χ3n) is 10.1. The van der Waals surface area contributed by atoms with Crippen molar-refractivity contribution in [3.8, 4) is 0 Å². The molecule has 11 nitrogen and oxygen atoms in total. The van der Waals surface area contributed by atoms with Crippen molar-refractivity contribution in [2.24, 2.45) is 23.7 Å². The van der Waals surface area contributed by atoms with Gasteiger partial charge in [-0.05, 0) is 43.1 Å². The fourth-order valence-electron chi connectivity index (χ4n) is 7.02. The summed E-state index contributed by atoms with van der Waals surface area (Å²) in [5, 5.41) is 16.7. The van der Waals surface area contributed by atoms with Gasteiger partial charge in [-0.2, -0.15) is 0 Å². The first-order valence-electron chi connectivity index (χ1n) is 18.0. The molecule has 0 radical (unpaired) electrons. The highest BCUT2D eigenvalue weighted by Gasteiger charge is 2.43. The van der Waals surface area contributed by atoms with Crippen LogP contribution in [0, 0.1) is 23.7 Å². The molecule has 278 valence electrons. The minimum absolute atomic E-state index is 0.00363. The van der Waals surface area contributed by atoms with Gasteiger partial charge in [0.2, 0.25) is 23.6 Å². The molecule has 0 bridgehead atoms. The van der Waals surface area contributed by atoms with Crippen LogP contribution in [0.3, 0.4) is 0 Å². The Morgan fingerprint density at radius 3 is 2.12 bits per heavy atom. The Balaban J connectivity index is 2.22. The van der Waals surface area contributed by atoms with E-state index < -0.39 is 42.4 Å². The lowest BCUT2D eigenvalue weighted by atomic mass is 9.89. The minimum atomic E-state index is -0.871. The zero-order chi connectivity index (χ0) is 37.0. The Bertz CT molecular complexity index is 1200. The summed E-state index contributed by atoms with van der Waals surface area (Å²) in [4.78, 5) is 57.5. The lowest BCUT2D eigenvalue weighted by Crippen LogP contribution is -2.58. The second-order valence-electron chi connectivity index (χ2n) is 14.6. The predicted molar refractivity (Wildman–Crippen MR) is 191 cm³/mol. The molecule has 5 unspecified atom stereocenters. The lowest BCUT2D eigenvalue weighted by molar-refractivity contribution is -0.147. The van der Waals surface area contributed by atoms with Crippen molar-refractivity contribution in [3.05, 3.63) is 35.9 Å². The van der Waals surface area contributed by atoms with E-state index in [2.05, 4.69) is 10.6 Å². The molecule has 1 fully saturated rings. The van der Waals surface area contributed by atoms with E-state index in [0.717, 1.165) is 12.8 Å². The van der Waals surface area contributed by atoms with Crippen LogP contribution in [-0.4, -0.2) is 103 Å². The van der Waals surface area contributed by atoms with Crippen molar-refractivity contribution < 1.29 is 33.8 Å². The number of carbonyl (C=O) groups excluding carboxylic acids is 4. The summed E-state index contributed by atoms with van der Waals surface area (Å²) in [5.74, 6) is -1.32. The van der Waals surface area contributed by atoms with Crippen LogP contribution >= 0.6 is 0 Å². The maximum absolute atomic E-state index is 14.1. The molecule has 0 spiro atoms. The normalized spacial score (nSPS) is 19.8. The number of carbonyl (C=O) groups is 4. The Hall–Kier alpha value is -3.02. The Labute approximate surface area is 294 Å². The molecule has 4 amide bonds. The highest BCUT2D eigenvalue weighted by Crippen LogP contribution is 2.30. The smallest absolute Gasteiger partial charge is 0.245 e. The number of likely N-dealkylation sites (N-methyl/N-ethyl adjacent to an activating group) is 1. The number of amides is 4. The molecule has 1 aliphatic heterocycles. The molecule has 9 atom stereocenters. The molecular weight excluding hydrogens is 624 g/mol. The molecule has 1 saturated heterocycles. The van der Waals surface area contributed by atoms with Crippen molar-refractivity contribution in [2.75, 3.05) is 27.8 Å². The van der Waals surface area contributed by atoms with Crippen molar-refractivity contribution in [1.29, 1.82) is 0 Å². The van der Waals surface area contributed by atoms with Crippen molar-refractivity contribution >= 4 is 23.6 Å². The van der Waals surface area contributed by atoms with E-state index in [1.807, 2.05) is 71.9 Å². The third-order valence-corrected chi connectivity index (χ3v) is 10.1. The molecule has 0 aliphatic carbocycles. The first-order valence-corrected chi connectivity index (χ1v) is 18.0. The van der Waals surface area contributed by atoms with Crippen LogP contribution < -0.4 is 10.6 Å². The summed E-state index contributed by atoms with van der Waals surface area (Å²) < 4.78 is 11.9. The first-order chi connectivity index (χ1) is 23.1. The Morgan fingerprint density at radius 1 is 0.959 bits per heavy atom. The fraction of sp³-hybridized carbons (Fsp3) is 0.737. The van der Waals surface area contributed by atoms with Crippen LogP contribution in [-0.2, 0) is 28.7 Å². The number of aliphatic hydroxyl groups excluding tert-OH is 1. The quantitative estimate of drug-likeness (QED) is 0.197. The number of likely N-dealkylation sites (tertiary alicyclic amines) is 1. The number of ether oxygens (including phenoxy) is 2. The molecule has 0 saturated carbocycles. The molecule has 11 heteroatoms. The Kier molecular flexibility index (Phi) is 17.2. The van der Waals surface area contributed by atoms with Gasteiger partial charge in [-0.15, -0.1) is 0 Å². The third kappa shape index (κ3) is 11.5. The van der Waals surface area contributed by atoms with Crippen molar-refractivity contribution in [2.45, 2.75) is 130 Å². The van der Waals surface area contributed by atoms with E-state index in [4.69, 9.17) is 9.47 Å². The second kappa shape index (κ2) is 20.0. The lowest BCUT2D eigenvalue weighted by Gasteiger charge is -2.41. The maximum atomic E-state index is 14.1. The molecule has 1 aliphatic rings. The van der Waals surface area contributed by atoms with Gasteiger partial charge in [0.05, 0.1) is 48.8 Å². The fourth-order valence-corrected chi connectivity index (χ4v) is 7.02. The zero-order valence-electron chi connectivity index (χ0n) is 31.8. The van der Waals surface area contributed by atoms with Gasteiger partial charge >= 0.3 is 0 Å². The SMILES string of the molecule is CCC(C)[C@@H](C(CC(=O)N1CCCC1[C@H](OC)[C@@H](C)C(=O)N[C@H](C)C(O)c1ccccc1)OC)N(C)C(=O)C(NC(=O)CC(C)C)C(C)C. The van der Waals surface area contributed by atoms with E-state index in [-0.39, 0.29) is 53.8 Å². The average molecular weight is 689 g/mol. The number of aliphatic hydroxyl groups is 1. The Morgan fingerprint density at radius 2 is 1.59 bits per heavy atom. The number of benzene rings is 1. The van der Waals surface area contributed by atoms with E-state index in [1.54, 1.807) is 44.9 Å². The summed E-state index contributed by atoms with van der Waals surface area (Å²) in [6.45, 7) is 15.9. The molecular formula is C38H64N4O7. The monoisotopic (exact) mass is 688 g/mol. The summed E-state index contributed by atoms with van der Waals surface area (Å²) in [6, 6.07) is 7.21.